The molecule has 0 atom stereocenters. The van der Waals surface area contributed by atoms with Gasteiger partial charge in [-0.2, -0.15) is 4.98 Å². The molecule has 2 heterocycles. The van der Waals surface area contributed by atoms with E-state index in [4.69, 9.17) is 16.1 Å². The molecular weight excluding hydrogens is 254 g/mol. The van der Waals surface area contributed by atoms with Crippen LogP contribution in [-0.4, -0.2) is 26.7 Å². The number of nitrogens with zero attached hydrogens (tertiary/aromatic N) is 4. The number of hydrogen-bond donors (Lipinski definition) is 1. The van der Waals surface area contributed by atoms with Crippen molar-refractivity contribution < 1.29 is 4.52 Å². The summed E-state index contributed by atoms with van der Waals surface area (Å²) in [5.74, 6) is 2.01. The smallest absolute Gasteiger partial charge is 0.228 e. The first-order valence-electron chi connectivity index (χ1n) is 5.73. The van der Waals surface area contributed by atoms with Crippen molar-refractivity contribution in [3.05, 3.63) is 28.8 Å². The highest BCUT2D eigenvalue weighted by Crippen LogP contribution is 2.19. The van der Waals surface area contributed by atoms with Gasteiger partial charge in [0.2, 0.25) is 5.89 Å². The van der Waals surface area contributed by atoms with E-state index in [0.717, 1.165) is 17.8 Å². The summed E-state index contributed by atoms with van der Waals surface area (Å²) in [4.78, 5) is 12.3. The van der Waals surface area contributed by atoms with Crippen LogP contribution in [0, 0.1) is 6.92 Å². The zero-order valence-corrected chi connectivity index (χ0v) is 11.0. The van der Waals surface area contributed by atoms with Crippen LogP contribution in [0.1, 0.15) is 24.2 Å². The predicted molar refractivity (Wildman–Crippen MR) is 67.6 cm³/mol. The zero-order valence-electron chi connectivity index (χ0n) is 10.3. The number of halogens is 1. The Morgan fingerprint density at radius 1 is 1.39 bits per heavy atom. The Morgan fingerprint density at radius 2 is 2.22 bits per heavy atom. The van der Waals surface area contributed by atoms with E-state index in [0.29, 0.717) is 29.8 Å². The first kappa shape index (κ1) is 12.8. The summed E-state index contributed by atoms with van der Waals surface area (Å²) in [6, 6.07) is 0. The van der Waals surface area contributed by atoms with Crippen molar-refractivity contribution in [3.63, 3.8) is 0 Å². The lowest BCUT2D eigenvalue weighted by Gasteiger charge is -2.09. The van der Waals surface area contributed by atoms with E-state index in [2.05, 4.69) is 25.4 Å². The van der Waals surface area contributed by atoms with E-state index in [-0.39, 0.29) is 0 Å². The van der Waals surface area contributed by atoms with Crippen LogP contribution in [0.25, 0.3) is 0 Å². The summed E-state index contributed by atoms with van der Waals surface area (Å²) >= 11 is 6.00. The topological polar surface area (TPSA) is 76.7 Å². The van der Waals surface area contributed by atoms with E-state index in [1.165, 1.54) is 6.33 Å². The van der Waals surface area contributed by atoms with Crippen LogP contribution in [0.5, 0.6) is 0 Å². The fourth-order valence-electron chi connectivity index (χ4n) is 1.59. The molecule has 7 heteroatoms. The third-order valence-corrected chi connectivity index (χ3v) is 2.77. The van der Waals surface area contributed by atoms with Crippen LogP contribution in [-0.2, 0) is 12.8 Å². The van der Waals surface area contributed by atoms with Crippen molar-refractivity contribution in [2.24, 2.45) is 0 Å². The Bertz CT molecular complexity index is 528. The third-order valence-electron chi connectivity index (χ3n) is 2.45. The summed E-state index contributed by atoms with van der Waals surface area (Å²) in [5, 5.41) is 7.42. The molecular formula is C11H14ClN5O. The number of hydrogen-bond acceptors (Lipinski definition) is 6. The molecule has 1 N–H and O–H groups in total. The number of aromatic nitrogens is 4. The van der Waals surface area contributed by atoms with Crippen molar-refractivity contribution in [1.82, 2.24) is 20.1 Å². The van der Waals surface area contributed by atoms with Gasteiger partial charge in [-0.25, -0.2) is 9.97 Å². The van der Waals surface area contributed by atoms with E-state index in [1.807, 2.05) is 6.92 Å². The van der Waals surface area contributed by atoms with Gasteiger partial charge in [0, 0.05) is 18.5 Å². The van der Waals surface area contributed by atoms with Crippen LogP contribution in [0.4, 0.5) is 5.82 Å². The summed E-state index contributed by atoms with van der Waals surface area (Å²) < 4.78 is 5.02. The monoisotopic (exact) mass is 267 g/mol. The predicted octanol–water partition coefficient (Wildman–Crippen LogP) is 2.04. The van der Waals surface area contributed by atoms with Gasteiger partial charge < -0.3 is 9.84 Å². The van der Waals surface area contributed by atoms with Gasteiger partial charge in [0.1, 0.15) is 17.3 Å². The summed E-state index contributed by atoms with van der Waals surface area (Å²) in [5.41, 5.74) is 0.917. The third kappa shape index (κ3) is 2.95. The van der Waals surface area contributed by atoms with Gasteiger partial charge >= 0.3 is 0 Å². The van der Waals surface area contributed by atoms with Crippen LogP contribution < -0.4 is 5.32 Å². The van der Waals surface area contributed by atoms with Crippen molar-refractivity contribution in [2.75, 3.05) is 11.9 Å². The fraction of sp³-hybridized carbons (Fsp3) is 0.455. The lowest BCUT2D eigenvalue weighted by atomic mass is 10.2. The minimum absolute atomic E-state index is 0.489. The summed E-state index contributed by atoms with van der Waals surface area (Å²) in [6.45, 7) is 4.46. The maximum absolute atomic E-state index is 6.00. The Hall–Kier alpha value is -1.69. The molecule has 0 bridgehead atoms. The van der Waals surface area contributed by atoms with Gasteiger partial charge in [-0.1, -0.05) is 23.7 Å². The van der Waals surface area contributed by atoms with Crippen molar-refractivity contribution >= 4 is 17.4 Å². The van der Waals surface area contributed by atoms with E-state index in [1.54, 1.807) is 6.92 Å². The second kappa shape index (κ2) is 5.77. The molecule has 2 aromatic heterocycles. The van der Waals surface area contributed by atoms with Crippen LogP contribution >= 0.6 is 11.6 Å². The maximum Gasteiger partial charge on any atom is 0.228 e. The highest BCUT2D eigenvalue weighted by atomic mass is 35.5. The average molecular weight is 268 g/mol. The van der Waals surface area contributed by atoms with Gasteiger partial charge in [0.15, 0.2) is 5.82 Å². The number of anilines is 1. The Labute approximate surface area is 110 Å². The molecule has 0 aliphatic rings. The molecule has 6 nitrogen and oxygen atoms in total. The second-order valence-electron chi connectivity index (χ2n) is 3.76. The number of nitrogens with one attached hydrogen (secondary N) is 1. The lowest BCUT2D eigenvalue weighted by Crippen LogP contribution is -2.09. The van der Waals surface area contributed by atoms with Crippen LogP contribution in [0.2, 0.25) is 5.15 Å². The number of rotatable bonds is 5. The number of aryl methyl sites for hydroxylation is 1. The molecule has 0 fully saturated rings. The SMILES string of the molecule is CCc1c(Cl)ncnc1NCCc1nc(C)no1. The van der Waals surface area contributed by atoms with Gasteiger partial charge in [-0.05, 0) is 13.3 Å². The molecule has 0 spiro atoms. The molecule has 0 aromatic carbocycles. The van der Waals surface area contributed by atoms with Crippen LogP contribution in [0.3, 0.4) is 0 Å². The largest absolute Gasteiger partial charge is 0.369 e. The van der Waals surface area contributed by atoms with E-state index in [9.17, 15) is 0 Å². The summed E-state index contributed by atoms with van der Waals surface area (Å²) in [6.07, 6.45) is 2.87. The van der Waals surface area contributed by atoms with Crippen LogP contribution in [0.15, 0.2) is 10.9 Å². The molecule has 2 aromatic rings. The molecule has 2 rings (SSSR count). The lowest BCUT2D eigenvalue weighted by molar-refractivity contribution is 0.377. The summed E-state index contributed by atoms with van der Waals surface area (Å²) in [7, 11) is 0. The minimum atomic E-state index is 0.489. The molecule has 0 amide bonds. The average Bonchev–Trinajstić information content (AvgIpc) is 2.75. The quantitative estimate of drug-likeness (QED) is 0.836. The highest BCUT2D eigenvalue weighted by molar-refractivity contribution is 6.30. The first-order valence-corrected chi connectivity index (χ1v) is 6.11. The Balaban J connectivity index is 1.96. The van der Waals surface area contributed by atoms with Gasteiger partial charge in [0.25, 0.3) is 0 Å². The van der Waals surface area contributed by atoms with Gasteiger partial charge in [-0.15, -0.1) is 0 Å². The molecule has 0 saturated heterocycles. The minimum Gasteiger partial charge on any atom is -0.369 e. The molecule has 0 unspecified atom stereocenters. The Morgan fingerprint density at radius 3 is 2.89 bits per heavy atom. The molecule has 0 radical (unpaired) electrons. The second-order valence-corrected chi connectivity index (χ2v) is 4.12. The van der Waals surface area contributed by atoms with Crippen molar-refractivity contribution in [1.29, 1.82) is 0 Å². The van der Waals surface area contributed by atoms with Crippen molar-refractivity contribution in [3.8, 4) is 0 Å². The molecule has 18 heavy (non-hydrogen) atoms. The van der Waals surface area contributed by atoms with Gasteiger partial charge in [0.05, 0.1) is 0 Å². The maximum atomic E-state index is 6.00. The highest BCUT2D eigenvalue weighted by Gasteiger charge is 2.08. The molecule has 96 valence electrons. The first-order chi connectivity index (χ1) is 8.70. The van der Waals surface area contributed by atoms with Crippen molar-refractivity contribution in [2.45, 2.75) is 26.7 Å². The fourth-order valence-corrected chi connectivity index (χ4v) is 1.85. The van der Waals surface area contributed by atoms with Gasteiger partial charge in [-0.3, -0.25) is 0 Å². The molecule has 0 aliphatic heterocycles. The molecule has 0 saturated carbocycles. The van der Waals surface area contributed by atoms with E-state index < -0.39 is 0 Å². The standard InChI is InChI=1S/C11H14ClN5O/c1-3-8-10(12)14-6-15-11(8)13-5-4-9-16-7(2)17-18-9/h6H,3-5H2,1-2H3,(H,13,14,15). The zero-order chi connectivity index (χ0) is 13.0. The molecule has 0 aliphatic carbocycles. The normalized spacial score (nSPS) is 10.6. The Kier molecular flexibility index (Phi) is 4.09. The van der Waals surface area contributed by atoms with E-state index >= 15 is 0 Å².